The molecule has 2 N–H and O–H groups in total. The monoisotopic (exact) mass is 308 g/mol. The van der Waals surface area contributed by atoms with Gasteiger partial charge in [-0.3, -0.25) is 9.69 Å². The van der Waals surface area contributed by atoms with E-state index in [-0.39, 0.29) is 5.91 Å². The number of ether oxygens (including phenoxy) is 1. The SMILES string of the molecule is N#CCCCN1C(=O)C(c2ccccc2)Oc2ccc(N)nc21. The minimum atomic E-state index is -0.712. The molecule has 1 amide bonds. The Morgan fingerprint density at radius 1 is 1.26 bits per heavy atom. The van der Waals surface area contributed by atoms with E-state index in [1.165, 1.54) is 0 Å². The summed E-state index contributed by atoms with van der Waals surface area (Å²) in [6.45, 7) is 0.405. The Balaban J connectivity index is 1.97. The maximum absolute atomic E-state index is 12.8. The van der Waals surface area contributed by atoms with Crippen LogP contribution in [0.15, 0.2) is 42.5 Å². The quantitative estimate of drug-likeness (QED) is 0.876. The number of hydrogen-bond acceptors (Lipinski definition) is 5. The maximum Gasteiger partial charge on any atom is 0.274 e. The molecular weight excluding hydrogens is 292 g/mol. The number of anilines is 2. The van der Waals surface area contributed by atoms with Gasteiger partial charge in [-0.15, -0.1) is 0 Å². The zero-order chi connectivity index (χ0) is 16.2. The minimum Gasteiger partial charge on any atom is -0.472 e. The summed E-state index contributed by atoms with van der Waals surface area (Å²) in [7, 11) is 0. The molecule has 6 nitrogen and oxygen atoms in total. The van der Waals surface area contributed by atoms with E-state index in [0.717, 1.165) is 5.56 Å². The summed E-state index contributed by atoms with van der Waals surface area (Å²) in [5.74, 6) is 1.06. The van der Waals surface area contributed by atoms with E-state index in [2.05, 4.69) is 11.1 Å². The highest BCUT2D eigenvalue weighted by atomic mass is 16.5. The number of benzene rings is 1. The number of aromatic nitrogens is 1. The van der Waals surface area contributed by atoms with E-state index in [1.807, 2.05) is 30.3 Å². The van der Waals surface area contributed by atoms with Gasteiger partial charge >= 0.3 is 0 Å². The van der Waals surface area contributed by atoms with Gasteiger partial charge in [0.2, 0.25) is 6.10 Å². The van der Waals surface area contributed by atoms with Crippen molar-refractivity contribution in [3.05, 3.63) is 48.0 Å². The molecular formula is C17H16N4O2. The maximum atomic E-state index is 12.8. The lowest BCUT2D eigenvalue weighted by molar-refractivity contribution is -0.126. The molecule has 2 aromatic rings. The first kappa shape index (κ1) is 14.9. The average molecular weight is 308 g/mol. The van der Waals surface area contributed by atoms with Crippen LogP contribution in [0.5, 0.6) is 5.75 Å². The van der Waals surface area contributed by atoms with Crippen LogP contribution in [0.25, 0.3) is 0 Å². The number of unbranched alkanes of at least 4 members (excludes halogenated alkanes) is 1. The van der Waals surface area contributed by atoms with Crippen LogP contribution >= 0.6 is 0 Å². The van der Waals surface area contributed by atoms with Gasteiger partial charge in [0, 0.05) is 18.5 Å². The van der Waals surface area contributed by atoms with Crippen LogP contribution in [-0.4, -0.2) is 17.4 Å². The number of nitriles is 1. The third kappa shape index (κ3) is 2.94. The summed E-state index contributed by atoms with van der Waals surface area (Å²) in [6.07, 6.45) is 0.231. The number of carbonyl (C=O) groups is 1. The number of hydrogen-bond donors (Lipinski definition) is 1. The zero-order valence-corrected chi connectivity index (χ0v) is 12.5. The molecule has 2 heterocycles. The Labute approximate surface area is 134 Å². The van der Waals surface area contributed by atoms with E-state index < -0.39 is 6.10 Å². The molecule has 1 unspecified atom stereocenters. The molecule has 0 saturated heterocycles. The molecule has 116 valence electrons. The molecule has 1 aliphatic rings. The van der Waals surface area contributed by atoms with E-state index in [0.29, 0.717) is 36.8 Å². The molecule has 6 heteroatoms. The Morgan fingerprint density at radius 3 is 2.78 bits per heavy atom. The summed E-state index contributed by atoms with van der Waals surface area (Å²) in [5.41, 5.74) is 6.52. The first-order valence-electron chi connectivity index (χ1n) is 7.37. The van der Waals surface area contributed by atoms with Crippen molar-refractivity contribution in [2.75, 3.05) is 17.2 Å². The zero-order valence-electron chi connectivity index (χ0n) is 12.5. The fraction of sp³-hybridized carbons (Fsp3) is 0.235. The van der Waals surface area contributed by atoms with Crippen LogP contribution in [0.2, 0.25) is 0 Å². The molecule has 1 aliphatic heterocycles. The Bertz CT molecular complexity index is 755. The number of carbonyl (C=O) groups excluding carboxylic acids is 1. The minimum absolute atomic E-state index is 0.195. The number of nitrogens with zero attached hydrogens (tertiary/aromatic N) is 3. The second-order valence-corrected chi connectivity index (χ2v) is 5.22. The molecule has 1 atom stereocenters. The van der Waals surface area contributed by atoms with Gasteiger partial charge in [0.1, 0.15) is 5.82 Å². The molecule has 0 radical (unpaired) electrons. The Kier molecular flexibility index (Phi) is 4.11. The predicted molar refractivity (Wildman–Crippen MR) is 85.7 cm³/mol. The first-order chi connectivity index (χ1) is 11.2. The van der Waals surface area contributed by atoms with Crippen molar-refractivity contribution in [3.63, 3.8) is 0 Å². The third-order valence-corrected chi connectivity index (χ3v) is 3.62. The predicted octanol–water partition coefficient (Wildman–Crippen LogP) is 2.43. The van der Waals surface area contributed by atoms with E-state index in [4.69, 9.17) is 15.7 Å². The highest BCUT2D eigenvalue weighted by Gasteiger charge is 2.36. The highest BCUT2D eigenvalue weighted by Crippen LogP contribution is 2.38. The van der Waals surface area contributed by atoms with E-state index in [1.54, 1.807) is 17.0 Å². The van der Waals surface area contributed by atoms with Gasteiger partial charge in [-0.05, 0) is 18.6 Å². The first-order valence-corrected chi connectivity index (χ1v) is 7.37. The number of amides is 1. The van der Waals surface area contributed by atoms with E-state index >= 15 is 0 Å². The number of rotatable bonds is 4. The number of nitrogens with two attached hydrogens (primary N) is 1. The van der Waals surface area contributed by atoms with Crippen LogP contribution in [0.1, 0.15) is 24.5 Å². The lowest BCUT2D eigenvalue weighted by Gasteiger charge is -2.33. The average Bonchev–Trinajstić information content (AvgIpc) is 2.57. The molecule has 23 heavy (non-hydrogen) atoms. The smallest absolute Gasteiger partial charge is 0.274 e. The van der Waals surface area contributed by atoms with Crippen LogP contribution in [0.3, 0.4) is 0 Å². The molecule has 0 bridgehead atoms. The Morgan fingerprint density at radius 2 is 2.04 bits per heavy atom. The summed E-state index contributed by atoms with van der Waals surface area (Å²) in [5, 5.41) is 8.72. The summed E-state index contributed by atoms with van der Waals surface area (Å²) in [6, 6.07) is 14.8. The van der Waals surface area contributed by atoms with Crippen molar-refractivity contribution < 1.29 is 9.53 Å². The fourth-order valence-corrected chi connectivity index (χ4v) is 2.53. The van der Waals surface area contributed by atoms with Crippen molar-refractivity contribution in [3.8, 4) is 11.8 Å². The summed E-state index contributed by atoms with van der Waals surface area (Å²) < 4.78 is 5.85. The lowest BCUT2D eigenvalue weighted by atomic mass is 10.1. The lowest BCUT2D eigenvalue weighted by Crippen LogP contribution is -2.42. The molecule has 0 fully saturated rings. The van der Waals surface area contributed by atoms with Crippen LogP contribution in [0, 0.1) is 11.3 Å². The number of nitrogen functional groups attached to an aromatic ring is 1. The third-order valence-electron chi connectivity index (χ3n) is 3.62. The molecule has 3 rings (SSSR count). The normalized spacial score (nSPS) is 16.4. The van der Waals surface area contributed by atoms with Gasteiger partial charge in [0.05, 0.1) is 6.07 Å². The highest BCUT2D eigenvalue weighted by molar-refractivity contribution is 5.99. The Hall–Kier alpha value is -3.07. The van der Waals surface area contributed by atoms with Crippen LogP contribution in [-0.2, 0) is 4.79 Å². The van der Waals surface area contributed by atoms with Gasteiger partial charge in [0.15, 0.2) is 11.6 Å². The number of fused-ring (bicyclic) bond motifs is 1. The van der Waals surface area contributed by atoms with Crippen molar-refractivity contribution >= 4 is 17.5 Å². The van der Waals surface area contributed by atoms with Crippen molar-refractivity contribution in [1.29, 1.82) is 5.26 Å². The van der Waals surface area contributed by atoms with Gasteiger partial charge in [-0.25, -0.2) is 4.98 Å². The standard InChI is InChI=1S/C17H16N4O2/c18-10-4-5-11-21-16-13(8-9-14(19)20-16)23-15(17(21)22)12-6-2-1-3-7-12/h1-3,6-9,15H,4-5,11H2,(H2,19,20). The molecule has 0 spiro atoms. The van der Waals surface area contributed by atoms with Gasteiger partial charge < -0.3 is 10.5 Å². The summed E-state index contributed by atoms with van der Waals surface area (Å²) >= 11 is 0. The van der Waals surface area contributed by atoms with Crippen molar-refractivity contribution in [2.24, 2.45) is 0 Å². The largest absolute Gasteiger partial charge is 0.472 e. The van der Waals surface area contributed by atoms with Crippen molar-refractivity contribution in [2.45, 2.75) is 18.9 Å². The molecule has 1 aromatic carbocycles. The number of pyridine rings is 1. The van der Waals surface area contributed by atoms with E-state index in [9.17, 15) is 4.79 Å². The van der Waals surface area contributed by atoms with Gasteiger partial charge in [-0.1, -0.05) is 30.3 Å². The fourth-order valence-electron chi connectivity index (χ4n) is 2.53. The molecule has 0 saturated carbocycles. The van der Waals surface area contributed by atoms with Gasteiger partial charge in [-0.2, -0.15) is 5.26 Å². The van der Waals surface area contributed by atoms with Crippen molar-refractivity contribution in [1.82, 2.24) is 4.98 Å². The molecule has 1 aromatic heterocycles. The van der Waals surface area contributed by atoms with Gasteiger partial charge in [0.25, 0.3) is 5.91 Å². The second-order valence-electron chi connectivity index (χ2n) is 5.22. The second kappa shape index (κ2) is 6.36. The summed E-state index contributed by atoms with van der Waals surface area (Å²) in [4.78, 5) is 18.6. The van der Waals surface area contributed by atoms with Crippen LogP contribution < -0.4 is 15.4 Å². The molecule has 0 aliphatic carbocycles. The van der Waals surface area contributed by atoms with Crippen LogP contribution in [0.4, 0.5) is 11.6 Å². The topological polar surface area (TPSA) is 92.2 Å².